The fourth-order valence-corrected chi connectivity index (χ4v) is 5.20. The Morgan fingerprint density at radius 1 is 1.15 bits per heavy atom. The van der Waals surface area contributed by atoms with Crippen LogP contribution < -0.4 is 5.73 Å². The molecule has 0 spiro atoms. The van der Waals surface area contributed by atoms with Crippen molar-refractivity contribution in [3.63, 3.8) is 0 Å². The zero-order chi connectivity index (χ0) is 23.8. The van der Waals surface area contributed by atoms with Crippen LogP contribution in [0.2, 0.25) is 0 Å². The third-order valence-corrected chi connectivity index (χ3v) is 7.16. The summed E-state index contributed by atoms with van der Waals surface area (Å²) in [5.74, 6) is -0.415. The van der Waals surface area contributed by atoms with Crippen molar-refractivity contribution in [3.05, 3.63) is 71.4 Å². The van der Waals surface area contributed by atoms with Gasteiger partial charge in [0.25, 0.3) is 5.91 Å². The number of benzene rings is 2. The van der Waals surface area contributed by atoms with Gasteiger partial charge in [-0.15, -0.1) is 0 Å². The Labute approximate surface area is 191 Å². The maximum atomic E-state index is 14.6. The van der Waals surface area contributed by atoms with Crippen LogP contribution in [0.1, 0.15) is 40.7 Å². The lowest BCUT2D eigenvalue weighted by atomic mass is 9.49. The van der Waals surface area contributed by atoms with Crippen LogP contribution in [0.25, 0.3) is 16.6 Å². The van der Waals surface area contributed by atoms with E-state index in [1.807, 2.05) is 0 Å². The Bertz CT molecular complexity index is 1460. The largest absolute Gasteiger partial charge is 0.416 e. The number of nitrogens with zero attached hydrogens (tertiary/aromatic N) is 4. The van der Waals surface area contributed by atoms with Gasteiger partial charge in [0.05, 0.1) is 29.1 Å². The lowest BCUT2D eigenvalue weighted by Gasteiger charge is -2.66. The molecule has 2 N–H and O–H groups in total. The molecule has 4 aromatic rings. The highest BCUT2D eigenvalue weighted by molar-refractivity contribution is 5.98. The predicted octanol–water partition coefficient (Wildman–Crippen LogP) is 4.82. The number of alkyl halides is 3. The van der Waals surface area contributed by atoms with Crippen LogP contribution in [0.5, 0.6) is 0 Å². The number of amides is 1. The van der Waals surface area contributed by atoms with E-state index in [0.29, 0.717) is 39.9 Å². The van der Waals surface area contributed by atoms with Crippen molar-refractivity contribution in [3.8, 4) is 0 Å². The molecule has 0 radical (unpaired) electrons. The summed E-state index contributed by atoms with van der Waals surface area (Å²) in [5.41, 5.74) is 6.83. The normalized spacial score (nSPS) is 21.4. The third kappa shape index (κ3) is 3.04. The summed E-state index contributed by atoms with van der Waals surface area (Å²) in [6.07, 6.45) is 0.984. The van der Waals surface area contributed by atoms with Crippen molar-refractivity contribution in [1.29, 1.82) is 0 Å². The van der Waals surface area contributed by atoms with Crippen LogP contribution in [-0.4, -0.2) is 30.7 Å². The van der Waals surface area contributed by atoms with Gasteiger partial charge in [0.1, 0.15) is 17.2 Å². The van der Waals surface area contributed by atoms with E-state index in [2.05, 4.69) is 9.97 Å². The van der Waals surface area contributed by atoms with Crippen LogP contribution in [0.15, 0.2) is 48.9 Å². The molecular formula is C24H19F4N5O. The average Bonchev–Trinajstić information content (AvgIpc) is 3.22. The Balaban J connectivity index is 1.38. The summed E-state index contributed by atoms with van der Waals surface area (Å²) >= 11 is 0. The molecule has 2 aromatic carbocycles. The summed E-state index contributed by atoms with van der Waals surface area (Å²) in [7, 11) is 0. The molecule has 1 amide bonds. The van der Waals surface area contributed by atoms with Gasteiger partial charge in [-0.25, -0.2) is 14.4 Å². The molecule has 7 rings (SSSR count). The van der Waals surface area contributed by atoms with Gasteiger partial charge in [-0.2, -0.15) is 13.2 Å². The molecule has 0 saturated heterocycles. The molecular weight excluding hydrogens is 450 g/mol. The topological polar surface area (TPSA) is 76.5 Å². The van der Waals surface area contributed by atoms with Crippen molar-refractivity contribution < 1.29 is 22.4 Å². The number of aromatic nitrogens is 3. The van der Waals surface area contributed by atoms with Gasteiger partial charge in [-0.1, -0.05) is 6.07 Å². The number of imidazole rings is 1. The molecule has 2 aromatic heterocycles. The molecule has 0 atom stereocenters. The molecule has 3 saturated carbocycles. The first-order valence-electron chi connectivity index (χ1n) is 10.8. The van der Waals surface area contributed by atoms with Crippen molar-refractivity contribution >= 4 is 28.3 Å². The number of hydrogen-bond acceptors (Lipinski definition) is 4. The lowest BCUT2D eigenvalue weighted by molar-refractivity contribution is -0.138. The van der Waals surface area contributed by atoms with E-state index in [-0.39, 0.29) is 23.6 Å². The molecule has 0 unspecified atom stereocenters. The number of halogens is 4. The first-order chi connectivity index (χ1) is 16.1. The average molecular weight is 469 g/mol. The first kappa shape index (κ1) is 20.9. The number of nitrogens with two attached hydrogens (primary N) is 1. The smallest absolute Gasteiger partial charge is 0.382 e. The van der Waals surface area contributed by atoms with Gasteiger partial charge >= 0.3 is 6.18 Å². The number of fused-ring (bicyclic) bond motifs is 3. The third-order valence-electron chi connectivity index (χ3n) is 7.16. The van der Waals surface area contributed by atoms with Crippen molar-refractivity contribution in [2.75, 3.05) is 5.73 Å². The summed E-state index contributed by atoms with van der Waals surface area (Å²) in [4.78, 5) is 23.8. The minimum absolute atomic E-state index is 0.0540. The van der Waals surface area contributed by atoms with Gasteiger partial charge < -0.3 is 10.6 Å². The Kier molecular flexibility index (Phi) is 4.24. The van der Waals surface area contributed by atoms with Gasteiger partial charge in [-0.3, -0.25) is 9.20 Å². The van der Waals surface area contributed by atoms with Crippen LogP contribution in [0.3, 0.4) is 0 Å². The maximum absolute atomic E-state index is 14.6. The standard InChI is InChI=1S/C24H19F4N5O/c25-17-6-16(24(26,27)28)3-1-15(17)11-33(23-7-13(8-23)9-23)22(34)14-2-4-18-19(5-14)32-12-30-10-20(32)21(29)31-18/h1-6,10,12-13H,7-9,11H2,(H2,29,31). The van der Waals surface area contributed by atoms with E-state index in [1.165, 1.54) is 0 Å². The van der Waals surface area contributed by atoms with Crippen molar-refractivity contribution in [1.82, 2.24) is 19.3 Å². The number of carbonyl (C=O) groups is 1. The predicted molar refractivity (Wildman–Crippen MR) is 116 cm³/mol. The number of hydrogen-bond donors (Lipinski definition) is 1. The SMILES string of the molecule is Nc1nc2ccc(C(=O)N(Cc3ccc(C(F)(F)F)cc3F)C34CC(C3)C4)cc2n2cncc12. The molecule has 3 aliphatic carbocycles. The van der Waals surface area contributed by atoms with Crippen LogP contribution in [0, 0.1) is 11.7 Å². The van der Waals surface area contributed by atoms with Crippen molar-refractivity contribution in [2.45, 2.75) is 37.5 Å². The van der Waals surface area contributed by atoms with Crippen LogP contribution >= 0.6 is 0 Å². The monoisotopic (exact) mass is 469 g/mol. The minimum Gasteiger partial charge on any atom is -0.382 e. The van der Waals surface area contributed by atoms with Crippen LogP contribution in [0.4, 0.5) is 23.4 Å². The van der Waals surface area contributed by atoms with E-state index >= 15 is 0 Å². The molecule has 0 aliphatic heterocycles. The number of nitrogen functional groups attached to an aromatic ring is 1. The molecule has 174 valence electrons. The van der Waals surface area contributed by atoms with E-state index in [0.717, 1.165) is 31.4 Å². The lowest BCUT2D eigenvalue weighted by Crippen LogP contribution is -2.69. The van der Waals surface area contributed by atoms with E-state index < -0.39 is 17.6 Å². The van der Waals surface area contributed by atoms with Crippen LogP contribution in [-0.2, 0) is 12.7 Å². The van der Waals surface area contributed by atoms with E-state index in [1.54, 1.807) is 40.0 Å². The van der Waals surface area contributed by atoms with Gasteiger partial charge in [0.2, 0.25) is 0 Å². The number of rotatable bonds is 4. The fraction of sp³-hybridized carbons (Fsp3) is 0.292. The highest BCUT2D eigenvalue weighted by Gasteiger charge is 2.61. The maximum Gasteiger partial charge on any atom is 0.416 e. The number of carbonyl (C=O) groups excluding carboxylic acids is 1. The molecule has 34 heavy (non-hydrogen) atoms. The second kappa shape index (κ2) is 6.91. The summed E-state index contributed by atoms with van der Waals surface area (Å²) < 4.78 is 55.3. The molecule has 2 bridgehead atoms. The second-order valence-corrected chi connectivity index (χ2v) is 9.25. The van der Waals surface area contributed by atoms with E-state index in [4.69, 9.17) is 5.73 Å². The molecule has 10 heteroatoms. The van der Waals surface area contributed by atoms with Crippen molar-refractivity contribution in [2.24, 2.45) is 5.92 Å². The zero-order valence-electron chi connectivity index (χ0n) is 17.8. The first-order valence-corrected chi connectivity index (χ1v) is 10.8. The summed E-state index contributed by atoms with van der Waals surface area (Å²) in [6, 6.07) is 7.48. The van der Waals surface area contributed by atoms with Gasteiger partial charge in [0.15, 0.2) is 0 Å². The molecule has 2 heterocycles. The van der Waals surface area contributed by atoms with Gasteiger partial charge in [0, 0.05) is 23.2 Å². The molecule has 3 aliphatic rings. The number of anilines is 1. The highest BCUT2D eigenvalue weighted by Crippen LogP contribution is 2.61. The molecule has 6 nitrogen and oxygen atoms in total. The molecule has 3 fully saturated rings. The second-order valence-electron chi connectivity index (χ2n) is 9.25. The summed E-state index contributed by atoms with van der Waals surface area (Å²) in [6.45, 7) is -0.103. The highest BCUT2D eigenvalue weighted by atomic mass is 19.4. The Morgan fingerprint density at radius 3 is 2.56 bits per heavy atom. The zero-order valence-corrected chi connectivity index (χ0v) is 17.8. The Morgan fingerprint density at radius 2 is 1.91 bits per heavy atom. The fourth-order valence-electron chi connectivity index (χ4n) is 5.20. The summed E-state index contributed by atoms with van der Waals surface area (Å²) in [5, 5.41) is 0. The van der Waals surface area contributed by atoms with E-state index in [9.17, 15) is 22.4 Å². The quantitative estimate of drug-likeness (QED) is 0.435. The minimum atomic E-state index is -4.64. The van der Waals surface area contributed by atoms with Gasteiger partial charge in [-0.05, 0) is 55.5 Å². The Hall–Kier alpha value is -3.69.